The van der Waals surface area contributed by atoms with Crippen LogP contribution in [0, 0.1) is 12.3 Å². The molecule has 0 saturated carbocycles. The van der Waals surface area contributed by atoms with E-state index in [0.717, 1.165) is 0 Å². The zero-order valence-electron chi connectivity index (χ0n) is 11.6. The molecule has 21 heavy (non-hydrogen) atoms. The van der Waals surface area contributed by atoms with Crippen LogP contribution in [0.2, 0.25) is 0 Å². The summed E-state index contributed by atoms with van der Waals surface area (Å²) < 4.78 is 10.4. The lowest BCUT2D eigenvalue weighted by Crippen LogP contribution is -2.11. The predicted octanol–water partition coefficient (Wildman–Crippen LogP) is 2.96. The van der Waals surface area contributed by atoms with Gasteiger partial charge in [-0.25, -0.2) is 0 Å². The number of anilines is 1. The molecule has 0 unspecified atom stereocenters. The monoisotopic (exact) mass is 281 g/mol. The average molecular weight is 281 g/mol. The SMILES string of the molecule is C#CCOc1ccc(C(=O)Nc2cccc(OC)c2)cc1. The molecule has 0 fully saturated rings. The first-order valence-electron chi connectivity index (χ1n) is 6.34. The van der Waals surface area contributed by atoms with Crippen LogP contribution in [-0.2, 0) is 0 Å². The molecule has 2 aromatic rings. The highest BCUT2D eigenvalue weighted by Gasteiger charge is 2.06. The third-order valence-corrected chi connectivity index (χ3v) is 2.77. The molecular formula is C17H15NO3. The molecule has 0 atom stereocenters. The van der Waals surface area contributed by atoms with Crippen LogP contribution in [0.1, 0.15) is 10.4 Å². The van der Waals surface area contributed by atoms with Gasteiger partial charge in [-0.15, -0.1) is 6.42 Å². The Labute approximate surface area is 123 Å². The lowest BCUT2D eigenvalue weighted by atomic mass is 10.2. The average Bonchev–Trinajstić information content (AvgIpc) is 2.53. The standard InChI is InChI=1S/C17H15NO3/c1-3-11-21-15-9-7-13(8-10-15)17(19)18-14-5-4-6-16(12-14)20-2/h1,4-10,12H,11H2,2H3,(H,18,19). The van der Waals surface area contributed by atoms with Gasteiger partial charge in [0.25, 0.3) is 5.91 Å². The second kappa shape index (κ2) is 7.01. The van der Waals surface area contributed by atoms with Crippen molar-refractivity contribution in [2.75, 3.05) is 19.0 Å². The van der Waals surface area contributed by atoms with Crippen LogP contribution < -0.4 is 14.8 Å². The molecule has 106 valence electrons. The Balaban J connectivity index is 2.04. The van der Waals surface area contributed by atoms with Crippen molar-refractivity contribution in [2.24, 2.45) is 0 Å². The van der Waals surface area contributed by atoms with Crippen molar-refractivity contribution in [3.8, 4) is 23.8 Å². The van der Waals surface area contributed by atoms with Crippen LogP contribution in [0.25, 0.3) is 0 Å². The molecular weight excluding hydrogens is 266 g/mol. The smallest absolute Gasteiger partial charge is 0.255 e. The fraction of sp³-hybridized carbons (Fsp3) is 0.118. The Bertz CT molecular complexity index is 656. The van der Waals surface area contributed by atoms with E-state index in [1.165, 1.54) is 0 Å². The summed E-state index contributed by atoms with van der Waals surface area (Å²) in [7, 11) is 1.58. The molecule has 0 aliphatic rings. The van der Waals surface area contributed by atoms with Gasteiger partial charge in [0.05, 0.1) is 7.11 Å². The van der Waals surface area contributed by atoms with Crippen molar-refractivity contribution >= 4 is 11.6 Å². The first-order valence-corrected chi connectivity index (χ1v) is 6.34. The number of terminal acetylenes is 1. The van der Waals surface area contributed by atoms with E-state index in [0.29, 0.717) is 22.7 Å². The molecule has 0 radical (unpaired) electrons. The summed E-state index contributed by atoms with van der Waals surface area (Å²) in [6.45, 7) is 0.204. The van der Waals surface area contributed by atoms with Crippen molar-refractivity contribution in [3.63, 3.8) is 0 Å². The van der Waals surface area contributed by atoms with Crippen molar-refractivity contribution in [1.29, 1.82) is 0 Å². The molecule has 0 saturated heterocycles. The highest BCUT2D eigenvalue weighted by Crippen LogP contribution is 2.18. The van der Waals surface area contributed by atoms with Crippen molar-refractivity contribution in [3.05, 3.63) is 54.1 Å². The molecule has 0 bridgehead atoms. The first-order chi connectivity index (χ1) is 10.2. The number of rotatable bonds is 5. The summed E-state index contributed by atoms with van der Waals surface area (Å²) in [5.74, 6) is 3.50. The van der Waals surface area contributed by atoms with Crippen molar-refractivity contribution in [2.45, 2.75) is 0 Å². The molecule has 4 nitrogen and oxygen atoms in total. The van der Waals surface area contributed by atoms with Crippen molar-refractivity contribution in [1.82, 2.24) is 0 Å². The largest absolute Gasteiger partial charge is 0.497 e. The summed E-state index contributed by atoms with van der Waals surface area (Å²) in [4.78, 5) is 12.1. The van der Waals surface area contributed by atoms with E-state index in [1.54, 1.807) is 43.5 Å². The highest BCUT2D eigenvalue weighted by atomic mass is 16.5. The molecule has 0 spiro atoms. The number of carbonyl (C=O) groups is 1. The number of benzene rings is 2. The van der Waals surface area contributed by atoms with Gasteiger partial charge in [0, 0.05) is 17.3 Å². The normalized spacial score (nSPS) is 9.52. The Kier molecular flexibility index (Phi) is 4.84. The second-order valence-electron chi connectivity index (χ2n) is 4.20. The third-order valence-electron chi connectivity index (χ3n) is 2.77. The molecule has 2 aromatic carbocycles. The number of ether oxygens (including phenoxy) is 2. The van der Waals surface area contributed by atoms with Crippen LogP contribution >= 0.6 is 0 Å². The number of nitrogens with one attached hydrogen (secondary N) is 1. The maximum Gasteiger partial charge on any atom is 0.255 e. The van der Waals surface area contributed by atoms with E-state index in [4.69, 9.17) is 15.9 Å². The lowest BCUT2D eigenvalue weighted by molar-refractivity contribution is 0.102. The third kappa shape index (κ3) is 4.02. The fourth-order valence-corrected chi connectivity index (χ4v) is 1.73. The quantitative estimate of drug-likeness (QED) is 0.857. The van der Waals surface area contributed by atoms with E-state index >= 15 is 0 Å². The minimum absolute atomic E-state index is 0.202. The van der Waals surface area contributed by atoms with Gasteiger partial charge in [-0.3, -0.25) is 4.79 Å². The molecule has 0 aliphatic heterocycles. The van der Waals surface area contributed by atoms with E-state index in [2.05, 4.69) is 11.2 Å². The van der Waals surface area contributed by atoms with Gasteiger partial charge in [0.1, 0.15) is 18.1 Å². The van der Waals surface area contributed by atoms with E-state index in [9.17, 15) is 4.79 Å². The summed E-state index contributed by atoms with van der Waals surface area (Å²) in [5, 5.41) is 2.80. The lowest BCUT2D eigenvalue weighted by Gasteiger charge is -2.08. The van der Waals surface area contributed by atoms with E-state index in [1.807, 2.05) is 12.1 Å². The van der Waals surface area contributed by atoms with Gasteiger partial charge in [0.2, 0.25) is 0 Å². The number of methoxy groups -OCH3 is 1. The summed E-state index contributed by atoms with van der Waals surface area (Å²) in [6, 6.07) is 13.9. The molecule has 2 rings (SSSR count). The fourth-order valence-electron chi connectivity index (χ4n) is 1.73. The number of hydrogen-bond donors (Lipinski definition) is 1. The second-order valence-corrected chi connectivity index (χ2v) is 4.20. The van der Waals surface area contributed by atoms with Crippen molar-refractivity contribution < 1.29 is 14.3 Å². The zero-order valence-corrected chi connectivity index (χ0v) is 11.6. The van der Waals surface area contributed by atoms with Gasteiger partial charge in [-0.1, -0.05) is 12.0 Å². The number of amides is 1. The number of carbonyl (C=O) groups excluding carboxylic acids is 1. The Morgan fingerprint density at radius 2 is 1.95 bits per heavy atom. The molecule has 1 amide bonds. The van der Waals surface area contributed by atoms with Gasteiger partial charge in [0.15, 0.2) is 0 Å². The maximum atomic E-state index is 12.1. The van der Waals surface area contributed by atoms with Crippen LogP contribution in [0.4, 0.5) is 5.69 Å². The van der Waals surface area contributed by atoms with Crippen LogP contribution in [0.15, 0.2) is 48.5 Å². The van der Waals surface area contributed by atoms with Gasteiger partial charge < -0.3 is 14.8 Å². The van der Waals surface area contributed by atoms with Crippen LogP contribution in [0.5, 0.6) is 11.5 Å². The zero-order chi connectivity index (χ0) is 15.1. The molecule has 0 heterocycles. The summed E-state index contributed by atoms with van der Waals surface area (Å²) >= 11 is 0. The molecule has 4 heteroatoms. The summed E-state index contributed by atoms with van der Waals surface area (Å²) in [5.41, 5.74) is 1.21. The Morgan fingerprint density at radius 3 is 2.62 bits per heavy atom. The maximum absolute atomic E-state index is 12.1. The van der Waals surface area contributed by atoms with Gasteiger partial charge >= 0.3 is 0 Å². The van der Waals surface area contributed by atoms with Gasteiger partial charge in [-0.2, -0.15) is 0 Å². The van der Waals surface area contributed by atoms with Crippen LogP contribution in [-0.4, -0.2) is 19.6 Å². The first kappa shape index (κ1) is 14.5. The van der Waals surface area contributed by atoms with Crippen LogP contribution in [0.3, 0.4) is 0 Å². The molecule has 1 N–H and O–H groups in total. The minimum Gasteiger partial charge on any atom is -0.497 e. The summed E-state index contributed by atoms with van der Waals surface area (Å²) in [6.07, 6.45) is 5.11. The number of hydrogen-bond acceptors (Lipinski definition) is 3. The topological polar surface area (TPSA) is 47.6 Å². The minimum atomic E-state index is -0.202. The Hall–Kier alpha value is -2.93. The predicted molar refractivity (Wildman–Crippen MR) is 81.7 cm³/mol. The highest BCUT2D eigenvalue weighted by molar-refractivity contribution is 6.04. The molecule has 0 aliphatic carbocycles. The van der Waals surface area contributed by atoms with Gasteiger partial charge in [-0.05, 0) is 36.4 Å². The van der Waals surface area contributed by atoms with E-state index < -0.39 is 0 Å². The Morgan fingerprint density at radius 1 is 1.19 bits per heavy atom. The van der Waals surface area contributed by atoms with E-state index in [-0.39, 0.29) is 12.5 Å². The molecule has 0 aromatic heterocycles.